The van der Waals surface area contributed by atoms with Gasteiger partial charge in [0.1, 0.15) is 0 Å². The smallest absolute Gasteiger partial charge is 0.0601 e. The molecule has 0 aliphatic rings. The van der Waals surface area contributed by atoms with E-state index < -0.39 is 0 Å². The molecule has 0 saturated carbocycles. The van der Waals surface area contributed by atoms with Gasteiger partial charge >= 0.3 is 0 Å². The van der Waals surface area contributed by atoms with Gasteiger partial charge in [-0.05, 0) is 42.8 Å². The summed E-state index contributed by atoms with van der Waals surface area (Å²) in [4.78, 5) is 18.3. The summed E-state index contributed by atoms with van der Waals surface area (Å²) in [6.45, 7) is 5.61. The molecule has 3 rings (SSSR count). The van der Waals surface area contributed by atoms with Crippen LogP contribution in [-0.2, 0) is 19.6 Å². The number of aromatic nitrogens is 3. The lowest BCUT2D eigenvalue weighted by atomic mass is 10.1. The molecule has 0 aliphatic carbocycles. The van der Waals surface area contributed by atoms with Crippen LogP contribution in [0.25, 0.3) is 0 Å². The van der Waals surface area contributed by atoms with Gasteiger partial charge < -0.3 is 9.80 Å². The highest BCUT2D eigenvalue weighted by Crippen LogP contribution is 2.13. The minimum absolute atomic E-state index is 0.740. The largest absolute Gasteiger partial charge is 0.370 e. The van der Waals surface area contributed by atoms with Gasteiger partial charge in [0.15, 0.2) is 0 Å². The molecule has 0 bridgehead atoms. The Morgan fingerprint density at radius 3 is 1.35 bits per heavy atom. The van der Waals surface area contributed by atoms with Crippen LogP contribution in [0.3, 0.4) is 0 Å². The summed E-state index contributed by atoms with van der Waals surface area (Å²) in [6.07, 6.45) is 23.5. The summed E-state index contributed by atoms with van der Waals surface area (Å²) in [5.74, 6) is 0. The van der Waals surface area contributed by atoms with Crippen molar-refractivity contribution in [2.24, 2.45) is 0 Å². The van der Waals surface area contributed by atoms with E-state index in [9.17, 15) is 0 Å². The van der Waals surface area contributed by atoms with Crippen LogP contribution in [0.5, 0.6) is 0 Å². The number of pyridine rings is 3. The standard InChI is InChI=1S/C32H45N5/c1-2-3-4-5-6-7-8-9-10-17-24-36(27-30-18-11-14-21-33-30)25-26-37(28-31-19-12-15-22-34-31)29-32-20-13-16-23-35-32/h11-16,18-23,25-26H,2-10,17,24,27-29H2,1H3. The maximum atomic E-state index is 4.57. The Morgan fingerprint density at radius 1 is 0.514 bits per heavy atom. The molecule has 3 aromatic heterocycles. The van der Waals surface area contributed by atoms with Crippen molar-refractivity contribution in [2.45, 2.75) is 90.8 Å². The number of hydrogen-bond donors (Lipinski definition) is 0. The molecule has 0 atom stereocenters. The van der Waals surface area contributed by atoms with E-state index in [0.29, 0.717) is 0 Å². The van der Waals surface area contributed by atoms with Crippen LogP contribution in [0.2, 0.25) is 0 Å². The normalized spacial score (nSPS) is 11.2. The minimum atomic E-state index is 0.740. The maximum absolute atomic E-state index is 4.57. The Labute approximate surface area is 224 Å². The Morgan fingerprint density at radius 2 is 0.919 bits per heavy atom. The van der Waals surface area contributed by atoms with Crippen LogP contribution >= 0.6 is 0 Å². The number of unbranched alkanes of at least 4 members (excludes halogenated alkanes) is 9. The van der Waals surface area contributed by atoms with Gasteiger partial charge in [-0.25, -0.2) is 0 Å². The topological polar surface area (TPSA) is 45.2 Å². The van der Waals surface area contributed by atoms with Crippen molar-refractivity contribution in [2.75, 3.05) is 6.54 Å². The Bertz CT molecular complexity index is 921. The fourth-order valence-electron chi connectivity index (χ4n) is 4.46. The van der Waals surface area contributed by atoms with E-state index in [-0.39, 0.29) is 0 Å². The molecule has 0 amide bonds. The summed E-state index contributed by atoms with van der Waals surface area (Å²) in [7, 11) is 0. The zero-order chi connectivity index (χ0) is 25.8. The van der Waals surface area contributed by atoms with Crippen LogP contribution in [0.4, 0.5) is 0 Å². The van der Waals surface area contributed by atoms with Crippen molar-refractivity contribution in [3.63, 3.8) is 0 Å². The number of rotatable bonds is 19. The number of hydrogen-bond acceptors (Lipinski definition) is 5. The quantitative estimate of drug-likeness (QED) is 0.158. The summed E-state index contributed by atoms with van der Waals surface area (Å²) in [6, 6.07) is 18.3. The third kappa shape index (κ3) is 12.5. The Kier molecular flexibility index (Phi) is 13.9. The first-order chi connectivity index (χ1) is 18.3. The first-order valence-electron chi connectivity index (χ1n) is 14.2. The molecule has 3 heterocycles. The van der Waals surface area contributed by atoms with Crippen molar-refractivity contribution in [3.05, 3.63) is 103 Å². The molecule has 0 aromatic carbocycles. The molecule has 3 aromatic rings. The molecule has 0 aliphatic heterocycles. The van der Waals surface area contributed by atoms with Crippen LogP contribution in [-0.4, -0.2) is 31.3 Å². The second-order valence-corrected chi connectivity index (χ2v) is 9.82. The lowest BCUT2D eigenvalue weighted by molar-refractivity contribution is 0.316. The van der Waals surface area contributed by atoms with Crippen LogP contribution < -0.4 is 0 Å². The monoisotopic (exact) mass is 499 g/mol. The van der Waals surface area contributed by atoms with E-state index in [0.717, 1.165) is 43.3 Å². The zero-order valence-corrected chi connectivity index (χ0v) is 22.7. The third-order valence-corrected chi connectivity index (χ3v) is 6.56. The van der Waals surface area contributed by atoms with Crippen molar-refractivity contribution in [3.8, 4) is 0 Å². The molecule has 0 fully saturated rings. The van der Waals surface area contributed by atoms with Gasteiger partial charge in [0.25, 0.3) is 0 Å². The summed E-state index contributed by atoms with van der Waals surface area (Å²) in [5, 5.41) is 0. The molecule has 0 spiro atoms. The molecule has 37 heavy (non-hydrogen) atoms. The predicted molar refractivity (Wildman–Crippen MR) is 153 cm³/mol. The fraction of sp³-hybridized carbons (Fsp3) is 0.469. The maximum Gasteiger partial charge on any atom is 0.0601 e. The van der Waals surface area contributed by atoms with Crippen molar-refractivity contribution < 1.29 is 0 Å². The van der Waals surface area contributed by atoms with Gasteiger partial charge in [0.05, 0.1) is 36.7 Å². The fourth-order valence-corrected chi connectivity index (χ4v) is 4.46. The predicted octanol–water partition coefficient (Wildman–Crippen LogP) is 7.77. The molecule has 0 N–H and O–H groups in total. The van der Waals surface area contributed by atoms with E-state index >= 15 is 0 Å². The molecule has 198 valence electrons. The van der Waals surface area contributed by atoms with Gasteiger partial charge in [0.2, 0.25) is 0 Å². The molecular weight excluding hydrogens is 454 g/mol. The summed E-state index contributed by atoms with van der Waals surface area (Å²) in [5.41, 5.74) is 3.20. The average molecular weight is 500 g/mol. The van der Waals surface area contributed by atoms with E-state index in [1.807, 2.05) is 48.9 Å². The van der Waals surface area contributed by atoms with Gasteiger partial charge in [0, 0.05) is 37.5 Å². The van der Waals surface area contributed by atoms with E-state index in [1.54, 1.807) is 0 Å². The van der Waals surface area contributed by atoms with Gasteiger partial charge in [-0.15, -0.1) is 0 Å². The van der Waals surface area contributed by atoms with Crippen molar-refractivity contribution >= 4 is 0 Å². The van der Waals surface area contributed by atoms with Crippen LogP contribution in [0, 0.1) is 0 Å². The lowest BCUT2D eigenvalue weighted by Crippen LogP contribution is -2.22. The van der Waals surface area contributed by atoms with Crippen LogP contribution in [0.1, 0.15) is 88.2 Å². The van der Waals surface area contributed by atoms with E-state index in [2.05, 4.69) is 68.3 Å². The zero-order valence-electron chi connectivity index (χ0n) is 22.7. The minimum Gasteiger partial charge on any atom is -0.370 e. The second-order valence-electron chi connectivity index (χ2n) is 9.82. The lowest BCUT2D eigenvalue weighted by Gasteiger charge is -2.24. The van der Waals surface area contributed by atoms with Gasteiger partial charge in [-0.2, -0.15) is 0 Å². The molecule has 5 heteroatoms. The van der Waals surface area contributed by atoms with Gasteiger partial charge in [-0.3, -0.25) is 15.0 Å². The molecule has 5 nitrogen and oxygen atoms in total. The highest BCUT2D eigenvalue weighted by molar-refractivity contribution is 5.08. The molecular formula is C32H45N5. The summed E-state index contributed by atoms with van der Waals surface area (Å²) < 4.78 is 0. The molecule has 0 radical (unpaired) electrons. The summed E-state index contributed by atoms with van der Waals surface area (Å²) >= 11 is 0. The Balaban J connectivity index is 1.55. The third-order valence-electron chi connectivity index (χ3n) is 6.56. The highest BCUT2D eigenvalue weighted by Gasteiger charge is 2.07. The SMILES string of the molecule is CCCCCCCCCCCCN(C=CN(Cc1ccccn1)Cc1ccccn1)Cc1ccccn1. The highest BCUT2D eigenvalue weighted by atomic mass is 15.2. The molecule has 0 unspecified atom stereocenters. The van der Waals surface area contributed by atoms with Crippen LogP contribution in [0.15, 0.2) is 85.6 Å². The van der Waals surface area contributed by atoms with Crippen molar-refractivity contribution in [1.29, 1.82) is 0 Å². The van der Waals surface area contributed by atoms with E-state index in [4.69, 9.17) is 0 Å². The van der Waals surface area contributed by atoms with Crippen molar-refractivity contribution in [1.82, 2.24) is 24.8 Å². The second kappa shape index (κ2) is 18.1. The first-order valence-corrected chi connectivity index (χ1v) is 14.2. The van der Waals surface area contributed by atoms with Gasteiger partial charge in [-0.1, -0.05) is 82.9 Å². The Hall–Kier alpha value is -3.21. The first kappa shape index (κ1) is 28.4. The molecule has 0 saturated heterocycles. The van der Waals surface area contributed by atoms with E-state index in [1.165, 1.54) is 64.2 Å². The number of nitrogens with zero attached hydrogens (tertiary/aromatic N) is 5. The average Bonchev–Trinajstić information content (AvgIpc) is 2.94.